The van der Waals surface area contributed by atoms with Crippen molar-refractivity contribution in [3.63, 3.8) is 0 Å². The normalized spacial score (nSPS) is 23.7. The molecule has 0 radical (unpaired) electrons. The van der Waals surface area contributed by atoms with E-state index in [-0.39, 0.29) is 6.33 Å². The minimum absolute atomic E-state index is 0.213. The fourth-order valence-corrected chi connectivity index (χ4v) is 36.3. The highest BCUT2D eigenvalue weighted by molar-refractivity contribution is 9.55. The smallest absolute Gasteiger partial charge is 0.245 e. The van der Waals surface area contributed by atoms with Crippen molar-refractivity contribution in [3.05, 3.63) is 48.5 Å². The van der Waals surface area contributed by atoms with E-state index in [1.54, 1.807) is 24.6 Å². The third-order valence-corrected chi connectivity index (χ3v) is 34.6. The summed E-state index contributed by atoms with van der Waals surface area (Å²) in [6.07, 6.45) is -0.213. The molecule has 0 aromatic heterocycles. The van der Waals surface area contributed by atoms with Gasteiger partial charge in [-0.15, -0.1) is 0 Å². The highest BCUT2D eigenvalue weighted by atomic mass is 33.8. The molecular formula is C14H15O2P2S4+. The Bertz CT molecular complexity index is 630. The number of benzene rings is 2. The Morgan fingerprint density at radius 1 is 0.909 bits per heavy atom. The van der Waals surface area contributed by atoms with Crippen LogP contribution >= 0.6 is 55.3 Å². The molecule has 3 rings (SSSR count). The van der Waals surface area contributed by atoms with Crippen LogP contribution in [0.5, 0.6) is 11.5 Å². The highest BCUT2D eigenvalue weighted by Gasteiger charge is 2.60. The maximum atomic E-state index is 5.24. The van der Waals surface area contributed by atoms with Crippen molar-refractivity contribution < 1.29 is 9.47 Å². The largest absolute Gasteiger partial charge is 0.497 e. The van der Waals surface area contributed by atoms with Gasteiger partial charge in [-0.25, -0.2) is 0 Å². The number of methoxy groups -OCH3 is 2. The number of thiol groups is 1. The first-order valence-electron chi connectivity index (χ1n) is 6.41. The van der Waals surface area contributed by atoms with Crippen molar-refractivity contribution >= 4 is 65.9 Å². The molecule has 0 saturated carbocycles. The topological polar surface area (TPSA) is 18.5 Å². The molecule has 116 valence electrons. The molecule has 0 aliphatic carbocycles. The molecule has 8 heteroatoms. The van der Waals surface area contributed by atoms with Crippen LogP contribution in [0.1, 0.15) is 0 Å². The van der Waals surface area contributed by atoms with Crippen LogP contribution in [-0.2, 0) is 0 Å². The van der Waals surface area contributed by atoms with Gasteiger partial charge >= 0.3 is 0 Å². The Labute approximate surface area is 149 Å². The van der Waals surface area contributed by atoms with Crippen molar-refractivity contribution in [1.82, 2.24) is 0 Å². The molecule has 0 unspecified atom stereocenters. The molecule has 2 aromatic rings. The van der Waals surface area contributed by atoms with Gasteiger partial charge in [0.2, 0.25) is 4.87 Å². The molecule has 0 N–H and O–H groups in total. The third-order valence-electron chi connectivity index (χ3n) is 3.14. The fraction of sp³-hybridized carbons (Fsp3) is 0.143. The van der Waals surface area contributed by atoms with E-state index in [0.717, 1.165) is 11.5 Å². The zero-order chi connectivity index (χ0) is 15.6. The molecule has 1 saturated heterocycles. The van der Waals surface area contributed by atoms with Gasteiger partial charge in [0.1, 0.15) is 33.5 Å². The molecule has 0 atom stereocenters. The molecule has 1 aliphatic rings. The second-order valence-electron chi connectivity index (χ2n) is 4.40. The number of hydrogen-bond donors (Lipinski definition) is 1. The van der Waals surface area contributed by atoms with Gasteiger partial charge in [0, 0.05) is 5.30 Å². The molecule has 1 heterocycles. The molecule has 0 spiro atoms. The molecule has 2 nitrogen and oxygen atoms in total. The van der Waals surface area contributed by atoms with E-state index in [1.165, 1.54) is 10.6 Å². The lowest BCUT2D eigenvalue weighted by atomic mass is 10.3. The summed E-state index contributed by atoms with van der Waals surface area (Å²) in [6.45, 7) is 0. The van der Waals surface area contributed by atoms with E-state index >= 15 is 0 Å². The second-order valence-corrected chi connectivity index (χ2v) is 23.2. The summed E-state index contributed by atoms with van der Waals surface area (Å²) in [4.78, 5) is -1.32. The van der Waals surface area contributed by atoms with E-state index in [4.69, 9.17) is 9.47 Å². The zero-order valence-corrected chi connectivity index (χ0v) is 17.1. The molecular weight excluding hydrogens is 390 g/mol. The Kier molecular flexibility index (Phi) is 5.81. The second kappa shape index (κ2) is 7.46. The predicted octanol–water partition coefficient (Wildman–Crippen LogP) is 5.79. The van der Waals surface area contributed by atoms with Crippen LogP contribution < -0.4 is 20.1 Å². The monoisotopic (exact) mass is 405 g/mol. The van der Waals surface area contributed by atoms with E-state index < -0.39 is 4.87 Å². The van der Waals surface area contributed by atoms with Crippen molar-refractivity contribution in [1.29, 1.82) is 0 Å². The minimum Gasteiger partial charge on any atom is -0.497 e. The Morgan fingerprint density at radius 3 is 1.86 bits per heavy atom. The van der Waals surface area contributed by atoms with E-state index in [9.17, 15) is 0 Å². The summed E-state index contributed by atoms with van der Waals surface area (Å²) in [5.74, 6) is 1.81. The first-order valence-corrected chi connectivity index (χ1v) is 16.1. The molecule has 0 bridgehead atoms. The predicted molar refractivity (Wildman–Crippen MR) is 111 cm³/mol. The summed E-state index contributed by atoms with van der Waals surface area (Å²) < 4.78 is 10.5. The van der Waals surface area contributed by atoms with Crippen LogP contribution in [-0.4, -0.2) is 14.2 Å². The first kappa shape index (κ1) is 17.1. The average molecular weight is 405 g/mol. The van der Waals surface area contributed by atoms with Crippen LogP contribution in [0.25, 0.3) is 0 Å². The van der Waals surface area contributed by atoms with Crippen molar-refractivity contribution in [2.24, 2.45) is 0 Å². The lowest BCUT2D eigenvalue weighted by molar-refractivity contribution is 0.415. The average Bonchev–Trinajstić information content (AvgIpc) is 2.55. The van der Waals surface area contributed by atoms with Crippen LogP contribution in [0.2, 0.25) is 0 Å². The highest BCUT2D eigenvalue weighted by Crippen LogP contribution is 3.10. The quantitative estimate of drug-likeness (QED) is 0.385. The van der Waals surface area contributed by atoms with Gasteiger partial charge in [0.25, 0.3) is 0 Å². The molecule has 0 amide bonds. The third kappa shape index (κ3) is 3.38. The van der Waals surface area contributed by atoms with E-state index in [2.05, 4.69) is 57.9 Å². The molecule has 22 heavy (non-hydrogen) atoms. The van der Waals surface area contributed by atoms with Crippen molar-refractivity contribution in [2.75, 3.05) is 14.2 Å². The lowest BCUT2D eigenvalue weighted by Crippen LogP contribution is -2.09. The van der Waals surface area contributed by atoms with Crippen LogP contribution in [0.15, 0.2) is 48.5 Å². The van der Waals surface area contributed by atoms with Crippen LogP contribution in [0, 0.1) is 0 Å². The summed E-state index contributed by atoms with van der Waals surface area (Å²) in [5, 5.41) is 2.79. The summed E-state index contributed by atoms with van der Waals surface area (Å²) in [6, 6.07) is 16.9. The molecule has 1 fully saturated rings. The number of hydrogen-bond acceptors (Lipinski definition) is 6. The Morgan fingerprint density at radius 2 is 1.41 bits per heavy atom. The maximum Gasteiger partial charge on any atom is 0.245 e. The van der Waals surface area contributed by atoms with Gasteiger partial charge in [-0.1, -0.05) is 11.7 Å². The Hall–Kier alpha value is 0.300. The van der Waals surface area contributed by atoms with Gasteiger partial charge in [-0.05, 0) is 48.5 Å². The van der Waals surface area contributed by atoms with Gasteiger partial charge in [-0.3, -0.25) is 0 Å². The van der Waals surface area contributed by atoms with Crippen molar-refractivity contribution in [3.8, 4) is 11.5 Å². The minimum atomic E-state index is -1.32. The lowest BCUT2D eigenvalue weighted by Gasteiger charge is -2.32. The maximum absolute atomic E-state index is 5.24. The summed E-state index contributed by atoms with van der Waals surface area (Å²) >= 11 is 8.76. The molecule has 2 aromatic carbocycles. The van der Waals surface area contributed by atoms with Gasteiger partial charge in [0.15, 0.2) is 0 Å². The standard InChI is InChI=1S/C14H14O2P2S4/c1-15-11-3-7-13(8-4-11)17-20-18(21-17,22-19)14-9-5-12(16-2)6-10-14/h3-10H,1-2H3/p+1. The summed E-state index contributed by atoms with van der Waals surface area (Å²) in [7, 11) is 5.11. The van der Waals surface area contributed by atoms with Gasteiger partial charge in [0.05, 0.1) is 36.2 Å². The zero-order valence-electron chi connectivity index (χ0n) is 12.0. The van der Waals surface area contributed by atoms with Crippen molar-refractivity contribution in [2.45, 2.75) is 0 Å². The van der Waals surface area contributed by atoms with Crippen LogP contribution in [0.4, 0.5) is 0 Å². The first-order chi connectivity index (χ1) is 10.7. The van der Waals surface area contributed by atoms with Crippen LogP contribution in [0.3, 0.4) is 0 Å². The number of ether oxygens (including phenoxy) is 2. The van der Waals surface area contributed by atoms with E-state index in [1.807, 2.05) is 24.3 Å². The molecule has 1 aliphatic heterocycles. The SMILES string of the molecule is COc1ccc(P2S[P+](SS)(c3ccc(OC)cc3)S2)cc1. The fourth-order valence-electron chi connectivity index (χ4n) is 1.94. The number of rotatable bonds is 5. The summed E-state index contributed by atoms with van der Waals surface area (Å²) in [5.41, 5.74) is 0. The van der Waals surface area contributed by atoms with Gasteiger partial charge < -0.3 is 9.47 Å². The Balaban J connectivity index is 1.74. The van der Waals surface area contributed by atoms with Gasteiger partial charge in [-0.2, -0.15) is 0 Å². The van der Waals surface area contributed by atoms with E-state index in [0.29, 0.717) is 0 Å².